The zero-order chi connectivity index (χ0) is 22.1. The molecule has 1 aliphatic rings. The molecule has 1 saturated heterocycles. The van der Waals surface area contributed by atoms with E-state index < -0.39 is 22.4 Å². The van der Waals surface area contributed by atoms with Gasteiger partial charge in [-0.1, -0.05) is 36.4 Å². The van der Waals surface area contributed by atoms with Crippen molar-refractivity contribution < 1.29 is 13.0 Å². The number of rotatable bonds is 8. The summed E-state index contributed by atoms with van der Waals surface area (Å²) in [4.78, 5) is 6.32. The molecular formula is C23H31F2IN4OS. The lowest BCUT2D eigenvalue weighted by Crippen LogP contribution is -2.51. The number of nitrogens with zero attached hydrogens (tertiary/aromatic N) is 2. The Labute approximate surface area is 208 Å². The van der Waals surface area contributed by atoms with Gasteiger partial charge in [0.2, 0.25) is 0 Å². The molecule has 2 aromatic rings. The molecule has 32 heavy (non-hydrogen) atoms. The number of nitrogens with one attached hydrogen (secondary N) is 2. The summed E-state index contributed by atoms with van der Waals surface area (Å²) in [5, 5.41) is 6.61. The van der Waals surface area contributed by atoms with Gasteiger partial charge < -0.3 is 10.6 Å². The lowest BCUT2D eigenvalue weighted by Gasteiger charge is -2.34. The van der Waals surface area contributed by atoms with E-state index in [0.29, 0.717) is 30.6 Å². The van der Waals surface area contributed by atoms with Crippen molar-refractivity contribution in [1.82, 2.24) is 15.5 Å². The van der Waals surface area contributed by atoms with Crippen molar-refractivity contribution >= 4 is 40.7 Å². The van der Waals surface area contributed by atoms with Crippen LogP contribution in [-0.4, -0.2) is 53.5 Å². The number of hydrogen-bond acceptors (Lipinski definition) is 3. The van der Waals surface area contributed by atoms with Crippen LogP contribution in [0.25, 0.3) is 0 Å². The van der Waals surface area contributed by atoms with E-state index in [2.05, 4.69) is 20.5 Å². The fourth-order valence-electron chi connectivity index (χ4n) is 3.73. The highest BCUT2D eigenvalue weighted by Gasteiger charge is 2.22. The second-order valence-corrected chi connectivity index (χ2v) is 9.27. The van der Waals surface area contributed by atoms with Gasteiger partial charge in [-0.25, -0.2) is 8.78 Å². The summed E-state index contributed by atoms with van der Waals surface area (Å²) < 4.78 is 40.2. The fourth-order valence-corrected chi connectivity index (χ4v) is 4.77. The highest BCUT2D eigenvalue weighted by molar-refractivity contribution is 14.0. The maximum absolute atomic E-state index is 14.0. The first-order valence-electron chi connectivity index (χ1n) is 10.6. The number of likely N-dealkylation sites (tertiary alicyclic amines) is 1. The number of guanidine groups is 1. The van der Waals surface area contributed by atoms with Crippen molar-refractivity contribution in [3.63, 3.8) is 0 Å². The molecule has 0 amide bonds. The molecule has 2 N–H and O–H groups in total. The molecule has 5 nitrogen and oxygen atoms in total. The summed E-state index contributed by atoms with van der Waals surface area (Å²) in [5.41, 5.74) is 1.18. The molecular weight excluding hydrogens is 545 g/mol. The second kappa shape index (κ2) is 13.8. The van der Waals surface area contributed by atoms with E-state index in [1.54, 1.807) is 7.05 Å². The summed E-state index contributed by atoms with van der Waals surface area (Å²) in [6.45, 7) is 2.28. The van der Waals surface area contributed by atoms with Gasteiger partial charge in [0.25, 0.3) is 0 Å². The Morgan fingerprint density at radius 1 is 1.16 bits per heavy atom. The number of hydrogen-bond donors (Lipinski definition) is 2. The van der Waals surface area contributed by atoms with Crippen molar-refractivity contribution in [2.45, 2.75) is 31.2 Å². The van der Waals surface area contributed by atoms with E-state index in [1.807, 2.05) is 30.3 Å². The van der Waals surface area contributed by atoms with Gasteiger partial charge in [-0.2, -0.15) is 0 Å². The normalized spacial score (nSPS) is 18.0. The van der Waals surface area contributed by atoms with Crippen molar-refractivity contribution in [2.24, 2.45) is 4.99 Å². The Kier molecular flexibility index (Phi) is 11.5. The molecule has 0 spiro atoms. The van der Waals surface area contributed by atoms with Crippen LogP contribution >= 0.6 is 24.0 Å². The monoisotopic (exact) mass is 576 g/mol. The Hall–Kier alpha value is -1.59. The fraction of sp³-hybridized carbons (Fsp3) is 0.435. The minimum absolute atomic E-state index is 0. The molecule has 2 aromatic carbocycles. The molecule has 3 rings (SSSR count). The number of aliphatic imine (C=N–C) groups is 1. The highest BCUT2D eigenvalue weighted by Crippen LogP contribution is 2.18. The van der Waals surface area contributed by atoms with Gasteiger partial charge in [0.1, 0.15) is 11.6 Å². The third-order valence-electron chi connectivity index (χ3n) is 5.31. The molecule has 0 radical (unpaired) electrons. The molecule has 0 aliphatic carbocycles. The Bertz CT molecular complexity index is 881. The van der Waals surface area contributed by atoms with E-state index in [0.717, 1.165) is 24.9 Å². The van der Waals surface area contributed by atoms with Gasteiger partial charge in [-0.05, 0) is 37.1 Å². The molecule has 0 aromatic heterocycles. The van der Waals surface area contributed by atoms with Crippen LogP contribution in [0.3, 0.4) is 0 Å². The van der Waals surface area contributed by atoms with Crippen LogP contribution in [0.5, 0.6) is 0 Å². The van der Waals surface area contributed by atoms with E-state index in [1.165, 1.54) is 18.2 Å². The van der Waals surface area contributed by atoms with Gasteiger partial charge >= 0.3 is 0 Å². The Morgan fingerprint density at radius 2 is 1.88 bits per heavy atom. The Morgan fingerprint density at radius 3 is 2.56 bits per heavy atom. The van der Waals surface area contributed by atoms with E-state index in [-0.39, 0.29) is 42.1 Å². The lowest BCUT2D eigenvalue weighted by atomic mass is 10.0. The van der Waals surface area contributed by atoms with E-state index in [4.69, 9.17) is 0 Å². The van der Waals surface area contributed by atoms with Gasteiger partial charge in [0.05, 0.1) is 0 Å². The van der Waals surface area contributed by atoms with Crippen molar-refractivity contribution in [2.75, 3.05) is 32.4 Å². The van der Waals surface area contributed by atoms with Crippen molar-refractivity contribution in [3.8, 4) is 0 Å². The summed E-state index contributed by atoms with van der Waals surface area (Å²) in [6.07, 6.45) is 1.89. The van der Waals surface area contributed by atoms with Crippen LogP contribution < -0.4 is 10.6 Å². The number of benzene rings is 2. The molecule has 9 heteroatoms. The van der Waals surface area contributed by atoms with Gasteiger partial charge in [0, 0.05) is 60.6 Å². The minimum atomic E-state index is -0.954. The van der Waals surface area contributed by atoms with Crippen LogP contribution in [0.15, 0.2) is 53.5 Å². The summed E-state index contributed by atoms with van der Waals surface area (Å²) in [6, 6.07) is 13.9. The molecule has 1 fully saturated rings. The zero-order valence-corrected chi connectivity index (χ0v) is 21.4. The third kappa shape index (κ3) is 8.40. The van der Waals surface area contributed by atoms with Crippen molar-refractivity contribution in [3.05, 3.63) is 71.3 Å². The largest absolute Gasteiger partial charge is 0.355 e. The standard InChI is InChI=1S/C23H30F2N4OS.HI/c1-26-23(27-12-14-31(30)17-18-7-3-2-4-8-18)28-19-9-6-13-29(15-19)16-20-21(24)10-5-11-22(20)25;/h2-5,7-8,10-11,19H,6,9,12-17H2,1H3,(H2,26,27,28);1H. The molecule has 0 bridgehead atoms. The van der Waals surface area contributed by atoms with Crippen LogP contribution in [0.1, 0.15) is 24.0 Å². The summed E-state index contributed by atoms with van der Waals surface area (Å²) in [5.74, 6) is 0.713. The van der Waals surface area contributed by atoms with Crippen LogP contribution in [0.2, 0.25) is 0 Å². The first-order valence-corrected chi connectivity index (χ1v) is 12.1. The topological polar surface area (TPSA) is 56.7 Å². The molecule has 1 heterocycles. The molecule has 2 atom stereocenters. The first-order chi connectivity index (χ1) is 15.0. The summed E-state index contributed by atoms with van der Waals surface area (Å²) >= 11 is 0. The predicted molar refractivity (Wildman–Crippen MR) is 138 cm³/mol. The predicted octanol–water partition coefficient (Wildman–Crippen LogP) is 3.66. The first kappa shape index (κ1) is 26.7. The maximum atomic E-state index is 14.0. The quantitative estimate of drug-likeness (QED) is 0.286. The minimum Gasteiger partial charge on any atom is -0.355 e. The molecule has 176 valence electrons. The third-order valence-corrected chi connectivity index (χ3v) is 6.62. The van der Waals surface area contributed by atoms with Crippen LogP contribution in [-0.2, 0) is 23.1 Å². The summed E-state index contributed by atoms with van der Waals surface area (Å²) in [7, 11) is 0.746. The lowest BCUT2D eigenvalue weighted by molar-refractivity contribution is 0.188. The molecule has 2 unspecified atom stereocenters. The molecule has 1 aliphatic heterocycles. The highest BCUT2D eigenvalue weighted by atomic mass is 127. The second-order valence-electron chi connectivity index (χ2n) is 7.69. The van der Waals surface area contributed by atoms with Crippen LogP contribution in [0.4, 0.5) is 8.78 Å². The van der Waals surface area contributed by atoms with E-state index >= 15 is 0 Å². The number of piperidine rings is 1. The van der Waals surface area contributed by atoms with Gasteiger partial charge in [-0.3, -0.25) is 14.1 Å². The average Bonchev–Trinajstić information content (AvgIpc) is 2.76. The zero-order valence-electron chi connectivity index (χ0n) is 18.2. The van der Waals surface area contributed by atoms with E-state index in [9.17, 15) is 13.0 Å². The smallest absolute Gasteiger partial charge is 0.191 e. The average molecular weight is 576 g/mol. The number of halogens is 3. The van der Waals surface area contributed by atoms with Crippen molar-refractivity contribution in [1.29, 1.82) is 0 Å². The SMILES string of the molecule is CN=C(NCCS(=O)Cc1ccccc1)NC1CCCN(Cc2c(F)cccc2F)C1.I. The maximum Gasteiger partial charge on any atom is 0.191 e. The van der Waals surface area contributed by atoms with Gasteiger partial charge in [0.15, 0.2) is 5.96 Å². The Balaban J connectivity index is 0.00000363. The van der Waals surface area contributed by atoms with Gasteiger partial charge in [-0.15, -0.1) is 24.0 Å². The molecule has 0 saturated carbocycles. The van der Waals surface area contributed by atoms with Crippen LogP contribution in [0, 0.1) is 11.6 Å².